The Balaban J connectivity index is 1.98. The SMILES string of the molecule is CCCC(CC)CCOCC1OCC1CC. The van der Waals surface area contributed by atoms with E-state index in [2.05, 4.69) is 20.8 Å². The lowest BCUT2D eigenvalue weighted by Crippen LogP contribution is -2.42. The van der Waals surface area contributed by atoms with E-state index in [4.69, 9.17) is 9.47 Å². The van der Waals surface area contributed by atoms with Crippen LogP contribution < -0.4 is 0 Å². The highest BCUT2D eigenvalue weighted by Crippen LogP contribution is 2.23. The zero-order valence-corrected chi connectivity index (χ0v) is 11.2. The summed E-state index contributed by atoms with van der Waals surface area (Å²) in [6, 6.07) is 0. The van der Waals surface area contributed by atoms with E-state index in [1.54, 1.807) is 0 Å². The maximum atomic E-state index is 5.72. The lowest BCUT2D eigenvalue weighted by Gasteiger charge is -2.36. The third-order valence-corrected chi connectivity index (χ3v) is 3.80. The lowest BCUT2D eigenvalue weighted by atomic mass is 9.96. The first-order valence-electron chi connectivity index (χ1n) is 7.01. The summed E-state index contributed by atoms with van der Waals surface area (Å²) in [5.74, 6) is 1.60. The van der Waals surface area contributed by atoms with Gasteiger partial charge >= 0.3 is 0 Å². The maximum Gasteiger partial charge on any atom is 0.0858 e. The summed E-state index contributed by atoms with van der Waals surface area (Å²) in [5, 5.41) is 0. The molecule has 1 fully saturated rings. The van der Waals surface area contributed by atoms with Gasteiger partial charge in [-0.15, -0.1) is 0 Å². The van der Waals surface area contributed by atoms with E-state index in [0.717, 1.165) is 31.7 Å². The Kier molecular flexibility index (Phi) is 7.06. The van der Waals surface area contributed by atoms with E-state index in [9.17, 15) is 0 Å². The Bertz CT molecular complexity index is 162. The molecular weight excluding hydrogens is 200 g/mol. The van der Waals surface area contributed by atoms with Gasteiger partial charge in [0.25, 0.3) is 0 Å². The van der Waals surface area contributed by atoms with Crippen LogP contribution in [0.4, 0.5) is 0 Å². The molecule has 1 aliphatic rings. The van der Waals surface area contributed by atoms with Gasteiger partial charge in [0.15, 0.2) is 0 Å². The monoisotopic (exact) mass is 228 g/mol. The van der Waals surface area contributed by atoms with Gasteiger partial charge < -0.3 is 9.47 Å². The van der Waals surface area contributed by atoms with Gasteiger partial charge in [0.1, 0.15) is 0 Å². The van der Waals surface area contributed by atoms with Gasteiger partial charge in [-0.3, -0.25) is 0 Å². The fourth-order valence-corrected chi connectivity index (χ4v) is 2.34. The van der Waals surface area contributed by atoms with Gasteiger partial charge in [-0.25, -0.2) is 0 Å². The predicted octanol–water partition coefficient (Wildman–Crippen LogP) is 3.64. The van der Waals surface area contributed by atoms with Gasteiger partial charge in [-0.1, -0.05) is 40.0 Å². The summed E-state index contributed by atoms with van der Waals surface area (Å²) in [5.41, 5.74) is 0. The molecule has 1 rings (SSSR count). The van der Waals surface area contributed by atoms with Crippen molar-refractivity contribution in [1.82, 2.24) is 0 Å². The van der Waals surface area contributed by atoms with Crippen LogP contribution in [0.2, 0.25) is 0 Å². The molecule has 0 N–H and O–H groups in total. The molecule has 3 atom stereocenters. The zero-order chi connectivity index (χ0) is 11.8. The fraction of sp³-hybridized carbons (Fsp3) is 1.00. The Morgan fingerprint density at radius 1 is 1.25 bits per heavy atom. The molecule has 16 heavy (non-hydrogen) atoms. The maximum absolute atomic E-state index is 5.72. The molecule has 0 aromatic carbocycles. The lowest BCUT2D eigenvalue weighted by molar-refractivity contribution is -0.147. The summed E-state index contributed by atoms with van der Waals surface area (Å²) >= 11 is 0. The molecule has 0 bridgehead atoms. The van der Waals surface area contributed by atoms with Crippen LogP contribution in [0, 0.1) is 11.8 Å². The number of ether oxygens (including phenoxy) is 2. The first-order valence-corrected chi connectivity index (χ1v) is 7.01. The van der Waals surface area contributed by atoms with Crippen LogP contribution >= 0.6 is 0 Å². The summed E-state index contributed by atoms with van der Waals surface area (Å²) in [4.78, 5) is 0. The fourth-order valence-electron chi connectivity index (χ4n) is 2.34. The van der Waals surface area contributed by atoms with Crippen molar-refractivity contribution < 1.29 is 9.47 Å². The van der Waals surface area contributed by atoms with Crippen molar-refractivity contribution >= 4 is 0 Å². The molecule has 0 aromatic rings. The van der Waals surface area contributed by atoms with Gasteiger partial charge in [-0.05, 0) is 18.8 Å². The second kappa shape index (κ2) is 8.08. The van der Waals surface area contributed by atoms with Crippen molar-refractivity contribution in [2.75, 3.05) is 19.8 Å². The minimum atomic E-state index is 0.385. The third-order valence-electron chi connectivity index (χ3n) is 3.80. The molecule has 96 valence electrons. The second-order valence-electron chi connectivity index (χ2n) is 4.97. The van der Waals surface area contributed by atoms with Crippen molar-refractivity contribution in [1.29, 1.82) is 0 Å². The highest BCUT2D eigenvalue weighted by atomic mass is 16.5. The van der Waals surface area contributed by atoms with E-state index < -0.39 is 0 Å². The normalized spacial score (nSPS) is 26.4. The second-order valence-corrected chi connectivity index (χ2v) is 4.97. The molecule has 1 heterocycles. The predicted molar refractivity (Wildman–Crippen MR) is 67.6 cm³/mol. The Morgan fingerprint density at radius 3 is 2.56 bits per heavy atom. The van der Waals surface area contributed by atoms with Crippen molar-refractivity contribution in [2.45, 2.75) is 59.0 Å². The summed E-state index contributed by atoms with van der Waals surface area (Å²) < 4.78 is 11.2. The molecule has 1 aliphatic heterocycles. The molecule has 0 amide bonds. The van der Waals surface area contributed by atoms with E-state index in [-0.39, 0.29) is 0 Å². The summed E-state index contributed by atoms with van der Waals surface area (Å²) in [6.07, 6.45) is 6.75. The van der Waals surface area contributed by atoms with Crippen LogP contribution in [0.25, 0.3) is 0 Å². The average molecular weight is 228 g/mol. The number of hydrogen-bond acceptors (Lipinski definition) is 2. The first kappa shape index (κ1) is 14.0. The van der Waals surface area contributed by atoms with Gasteiger partial charge in [-0.2, -0.15) is 0 Å². The van der Waals surface area contributed by atoms with Crippen LogP contribution in [-0.2, 0) is 9.47 Å². The first-order chi connectivity index (χ1) is 7.81. The van der Waals surface area contributed by atoms with Crippen LogP contribution in [0.15, 0.2) is 0 Å². The highest BCUT2D eigenvalue weighted by molar-refractivity contribution is 4.77. The molecular formula is C14H28O2. The number of hydrogen-bond donors (Lipinski definition) is 0. The van der Waals surface area contributed by atoms with E-state index >= 15 is 0 Å². The number of rotatable bonds is 9. The Labute approximate surface area is 101 Å². The topological polar surface area (TPSA) is 18.5 Å². The molecule has 3 unspecified atom stereocenters. The van der Waals surface area contributed by atoms with Gasteiger partial charge in [0.2, 0.25) is 0 Å². The van der Waals surface area contributed by atoms with Crippen LogP contribution in [0.3, 0.4) is 0 Å². The molecule has 0 aliphatic carbocycles. The standard InChI is InChI=1S/C14H28O2/c1-4-7-12(5-2)8-9-15-11-14-13(6-3)10-16-14/h12-14H,4-11H2,1-3H3. The molecule has 0 saturated carbocycles. The summed E-state index contributed by atoms with van der Waals surface area (Å²) in [7, 11) is 0. The molecule has 1 saturated heterocycles. The molecule has 0 radical (unpaired) electrons. The van der Waals surface area contributed by atoms with Crippen LogP contribution in [0.5, 0.6) is 0 Å². The average Bonchev–Trinajstić information content (AvgIpc) is 2.26. The van der Waals surface area contributed by atoms with Crippen LogP contribution in [0.1, 0.15) is 52.9 Å². The smallest absolute Gasteiger partial charge is 0.0858 e. The van der Waals surface area contributed by atoms with E-state index in [1.807, 2.05) is 0 Å². The Morgan fingerprint density at radius 2 is 2.06 bits per heavy atom. The van der Waals surface area contributed by atoms with Crippen molar-refractivity contribution in [2.24, 2.45) is 11.8 Å². The molecule has 2 heteroatoms. The van der Waals surface area contributed by atoms with Crippen molar-refractivity contribution in [3.05, 3.63) is 0 Å². The molecule has 0 spiro atoms. The third kappa shape index (κ3) is 4.42. The minimum Gasteiger partial charge on any atom is -0.379 e. The van der Waals surface area contributed by atoms with Crippen LogP contribution in [-0.4, -0.2) is 25.9 Å². The van der Waals surface area contributed by atoms with E-state index in [1.165, 1.54) is 32.1 Å². The molecule has 2 nitrogen and oxygen atoms in total. The van der Waals surface area contributed by atoms with Gasteiger partial charge in [0.05, 0.1) is 19.3 Å². The van der Waals surface area contributed by atoms with Crippen molar-refractivity contribution in [3.63, 3.8) is 0 Å². The molecule has 0 aromatic heterocycles. The quantitative estimate of drug-likeness (QED) is 0.561. The highest BCUT2D eigenvalue weighted by Gasteiger charge is 2.30. The van der Waals surface area contributed by atoms with E-state index in [0.29, 0.717) is 6.10 Å². The largest absolute Gasteiger partial charge is 0.379 e. The van der Waals surface area contributed by atoms with Gasteiger partial charge in [0, 0.05) is 12.5 Å². The zero-order valence-electron chi connectivity index (χ0n) is 11.2. The summed E-state index contributed by atoms with van der Waals surface area (Å²) in [6.45, 7) is 9.43. The Hall–Kier alpha value is -0.0800. The minimum absolute atomic E-state index is 0.385. The van der Waals surface area contributed by atoms with Crippen molar-refractivity contribution in [3.8, 4) is 0 Å².